The molecule has 0 N–H and O–H groups in total. The van der Waals surface area contributed by atoms with Gasteiger partial charge in [-0.25, -0.2) is 0 Å². The van der Waals surface area contributed by atoms with E-state index < -0.39 is 0 Å². The van der Waals surface area contributed by atoms with Gasteiger partial charge in [0.1, 0.15) is 0 Å². The fraction of sp³-hybridized carbons (Fsp3) is 0.0312. The second kappa shape index (κ2) is 15.8. The van der Waals surface area contributed by atoms with Crippen molar-refractivity contribution in [3.8, 4) is 55.6 Å². The van der Waals surface area contributed by atoms with Crippen LogP contribution in [0.2, 0.25) is 0 Å². The van der Waals surface area contributed by atoms with Crippen molar-refractivity contribution in [2.24, 2.45) is 0 Å². The predicted octanol–water partition coefficient (Wildman–Crippen LogP) is 17.5. The molecule has 1 heteroatoms. The second-order valence-corrected chi connectivity index (χ2v) is 17.3. The zero-order chi connectivity index (χ0) is 43.3. The summed E-state index contributed by atoms with van der Waals surface area (Å²) in [5, 5.41) is 5.00. The van der Waals surface area contributed by atoms with Crippen molar-refractivity contribution in [3.63, 3.8) is 0 Å². The molecule has 0 bridgehead atoms. The van der Waals surface area contributed by atoms with Gasteiger partial charge in [0.05, 0.1) is 11.4 Å². The predicted molar refractivity (Wildman–Crippen MR) is 275 cm³/mol. The number of anilines is 3. The Labute approximate surface area is 381 Å². The van der Waals surface area contributed by atoms with E-state index in [9.17, 15) is 0 Å². The molecule has 1 unspecified atom stereocenters. The first-order chi connectivity index (χ1) is 32.2. The van der Waals surface area contributed by atoms with Gasteiger partial charge >= 0.3 is 0 Å². The number of benzene rings is 11. The third-order valence-corrected chi connectivity index (χ3v) is 13.7. The van der Waals surface area contributed by atoms with Gasteiger partial charge in [0.15, 0.2) is 0 Å². The van der Waals surface area contributed by atoms with Crippen LogP contribution >= 0.6 is 0 Å². The van der Waals surface area contributed by atoms with E-state index in [1.807, 2.05) is 0 Å². The fourth-order valence-electron chi connectivity index (χ4n) is 10.7. The molecule has 0 radical (unpaired) electrons. The lowest BCUT2D eigenvalue weighted by atomic mass is 9.74. The summed E-state index contributed by atoms with van der Waals surface area (Å²) in [6, 6.07) is 93.6. The summed E-state index contributed by atoms with van der Waals surface area (Å²) in [5.41, 5.74) is 19.1. The van der Waals surface area contributed by atoms with E-state index in [1.54, 1.807) is 0 Å². The second-order valence-electron chi connectivity index (χ2n) is 17.3. The maximum absolute atomic E-state index is 2.51. The first-order valence-corrected chi connectivity index (χ1v) is 22.6. The Kier molecular flexibility index (Phi) is 9.35. The van der Waals surface area contributed by atoms with Crippen molar-refractivity contribution in [2.75, 3.05) is 4.90 Å². The quantitative estimate of drug-likeness (QED) is 0.138. The van der Waals surface area contributed by atoms with Crippen molar-refractivity contribution < 1.29 is 0 Å². The number of nitrogens with zero attached hydrogens (tertiary/aromatic N) is 1. The normalized spacial score (nSPS) is 14.0. The SMILES string of the molecule is CC1(c2ccccc2)c2ccccc2-c2c(N(c3cccc(-c4ccc5c(c4)c(-c4ccccc4)c(-c4ccccc4)c4ccccc45)c3)c3ccccc3-c3ccccc3)cccc21. The zero-order valence-corrected chi connectivity index (χ0v) is 36.2. The van der Waals surface area contributed by atoms with Crippen LogP contribution in [0.25, 0.3) is 77.2 Å². The van der Waals surface area contributed by atoms with Crippen LogP contribution in [0.1, 0.15) is 23.6 Å². The molecule has 0 saturated carbocycles. The van der Waals surface area contributed by atoms with E-state index in [0.717, 1.165) is 22.6 Å². The van der Waals surface area contributed by atoms with Gasteiger partial charge in [0.25, 0.3) is 0 Å². The Morgan fingerprint density at radius 3 is 1.51 bits per heavy atom. The number of fused-ring (bicyclic) bond motifs is 6. The van der Waals surface area contributed by atoms with E-state index in [1.165, 1.54) is 88.3 Å². The van der Waals surface area contributed by atoms with E-state index in [4.69, 9.17) is 0 Å². The number of rotatable bonds is 8. The Bertz CT molecular complexity index is 3540. The number of hydrogen-bond donors (Lipinski definition) is 0. The molecule has 1 atom stereocenters. The summed E-state index contributed by atoms with van der Waals surface area (Å²) < 4.78 is 0. The van der Waals surface area contributed by atoms with Crippen LogP contribution in [0, 0.1) is 0 Å². The largest absolute Gasteiger partial charge is 0.309 e. The molecular formula is C64H45N. The number of para-hydroxylation sites is 1. The molecule has 306 valence electrons. The molecule has 1 aliphatic rings. The van der Waals surface area contributed by atoms with E-state index >= 15 is 0 Å². The fourth-order valence-corrected chi connectivity index (χ4v) is 10.7. The standard InChI is InChI=1S/C64H45N/c1-64(49-29-12-5-13-30-49)57-36-18-16-35-55(57)63-58(64)37-21-39-60(63)65(59-38-19-17-32-51(59)44-22-6-2-7-23-44)50-31-20-28-47(42-50)48-40-41-53-52-33-14-15-34-54(52)61(45-24-8-3-9-25-45)62(56(53)43-48)46-26-10-4-11-27-46/h2-43H,1H3. The molecule has 1 aliphatic carbocycles. The molecule has 0 fully saturated rings. The van der Waals surface area contributed by atoms with Crippen LogP contribution in [0.4, 0.5) is 17.1 Å². The minimum absolute atomic E-state index is 0.333. The van der Waals surface area contributed by atoms with Gasteiger partial charge in [-0.3, -0.25) is 0 Å². The highest BCUT2D eigenvalue weighted by atomic mass is 15.1. The van der Waals surface area contributed by atoms with Crippen LogP contribution in [0.15, 0.2) is 255 Å². The van der Waals surface area contributed by atoms with Gasteiger partial charge in [-0.2, -0.15) is 0 Å². The van der Waals surface area contributed by atoms with Crippen molar-refractivity contribution in [2.45, 2.75) is 12.3 Å². The van der Waals surface area contributed by atoms with Gasteiger partial charge in [-0.1, -0.05) is 224 Å². The molecule has 0 amide bonds. The lowest BCUT2D eigenvalue weighted by molar-refractivity contribution is 0.714. The first-order valence-electron chi connectivity index (χ1n) is 22.6. The van der Waals surface area contributed by atoms with Crippen molar-refractivity contribution in [1.82, 2.24) is 0 Å². The van der Waals surface area contributed by atoms with Crippen molar-refractivity contribution in [1.29, 1.82) is 0 Å². The van der Waals surface area contributed by atoms with Gasteiger partial charge in [-0.05, 0) is 120 Å². The van der Waals surface area contributed by atoms with Crippen LogP contribution in [0.3, 0.4) is 0 Å². The Hall–Kier alpha value is -8.26. The third kappa shape index (κ3) is 6.31. The molecule has 0 spiro atoms. The molecule has 11 aromatic carbocycles. The lowest BCUT2D eigenvalue weighted by Gasteiger charge is -2.31. The Balaban J connectivity index is 1.11. The van der Waals surface area contributed by atoms with Gasteiger partial charge in [0, 0.05) is 22.2 Å². The maximum Gasteiger partial charge on any atom is 0.0543 e. The minimum atomic E-state index is -0.333. The van der Waals surface area contributed by atoms with E-state index in [-0.39, 0.29) is 5.41 Å². The third-order valence-electron chi connectivity index (χ3n) is 13.7. The summed E-state index contributed by atoms with van der Waals surface area (Å²) >= 11 is 0. The van der Waals surface area contributed by atoms with Gasteiger partial charge in [0.2, 0.25) is 0 Å². The first kappa shape index (κ1) is 38.4. The van der Waals surface area contributed by atoms with Crippen LogP contribution in [0.5, 0.6) is 0 Å². The number of hydrogen-bond acceptors (Lipinski definition) is 1. The van der Waals surface area contributed by atoms with Gasteiger partial charge < -0.3 is 4.90 Å². The molecule has 0 aromatic heterocycles. The maximum atomic E-state index is 2.51. The highest BCUT2D eigenvalue weighted by Crippen LogP contribution is 2.57. The zero-order valence-electron chi connectivity index (χ0n) is 36.2. The molecule has 0 heterocycles. The average Bonchev–Trinajstić information content (AvgIpc) is 3.66. The van der Waals surface area contributed by atoms with Crippen LogP contribution in [-0.2, 0) is 5.41 Å². The van der Waals surface area contributed by atoms with Crippen LogP contribution in [-0.4, -0.2) is 0 Å². The molecule has 1 nitrogen and oxygen atoms in total. The summed E-state index contributed by atoms with van der Waals surface area (Å²) in [6.45, 7) is 2.40. The lowest BCUT2D eigenvalue weighted by Crippen LogP contribution is -2.22. The van der Waals surface area contributed by atoms with E-state index in [0.29, 0.717) is 0 Å². The summed E-state index contributed by atoms with van der Waals surface area (Å²) in [6.07, 6.45) is 0. The molecule has 12 rings (SSSR count). The topological polar surface area (TPSA) is 3.24 Å². The van der Waals surface area contributed by atoms with Crippen molar-refractivity contribution in [3.05, 3.63) is 271 Å². The highest BCUT2D eigenvalue weighted by Gasteiger charge is 2.42. The average molecular weight is 828 g/mol. The molecule has 65 heavy (non-hydrogen) atoms. The Morgan fingerprint density at radius 2 is 0.785 bits per heavy atom. The smallest absolute Gasteiger partial charge is 0.0543 e. The van der Waals surface area contributed by atoms with E-state index in [2.05, 4.69) is 267 Å². The van der Waals surface area contributed by atoms with Crippen LogP contribution < -0.4 is 4.90 Å². The highest BCUT2D eigenvalue weighted by molar-refractivity contribution is 6.22. The minimum Gasteiger partial charge on any atom is -0.309 e. The van der Waals surface area contributed by atoms with Gasteiger partial charge in [-0.15, -0.1) is 0 Å². The molecule has 11 aromatic rings. The molecule has 0 aliphatic heterocycles. The monoisotopic (exact) mass is 827 g/mol. The molecular weight excluding hydrogens is 783 g/mol. The summed E-state index contributed by atoms with van der Waals surface area (Å²) in [7, 11) is 0. The summed E-state index contributed by atoms with van der Waals surface area (Å²) in [4.78, 5) is 2.51. The molecule has 0 saturated heterocycles. The summed E-state index contributed by atoms with van der Waals surface area (Å²) in [5.74, 6) is 0. The van der Waals surface area contributed by atoms with Crippen molar-refractivity contribution >= 4 is 38.6 Å². The Morgan fingerprint density at radius 1 is 0.292 bits per heavy atom.